The zero-order valence-electron chi connectivity index (χ0n) is 16.7. The van der Waals surface area contributed by atoms with Crippen LogP contribution in [0.1, 0.15) is 20.7 Å². The lowest BCUT2D eigenvalue weighted by molar-refractivity contribution is 0.0476. The van der Waals surface area contributed by atoms with E-state index in [0.717, 1.165) is 10.9 Å². The molecule has 2 N–H and O–H groups in total. The minimum atomic E-state index is -2.49. The monoisotopic (exact) mass is 452 g/mol. The predicted octanol–water partition coefficient (Wildman–Crippen LogP) is 6.27. The van der Waals surface area contributed by atoms with Gasteiger partial charge in [-0.05, 0) is 42.5 Å². The van der Waals surface area contributed by atoms with E-state index in [9.17, 15) is 18.4 Å². The van der Waals surface area contributed by atoms with E-state index in [4.69, 9.17) is 4.74 Å². The molecule has 5 nitrogen and oxygen atoms in total. The molecule has 0 aliphatic heterocycles. The van der Waals surface area contributed by atoms with Gasteiger partial charge in [0.15, 0.2) is 6.61 Å². The quantitative estimate of drug-likeness (QED) is 0.187. The fourth-order valence-corrected chi connectivity index (χ4v) is 3.73. The number of Topliss-reactive ketones (excluding diaryl/α,β-unsaturated/α-hetero) is 1. The van der Waals surface area contributed by atoms with Gasteiger partial charge in [-0.2, -0.15) is 8.78 Å². The summed E-state index contributed by atoms with van der Waals surface area (Å²) < 4.78 is 30.2. The van der Waals surface area contributed by atoms with Crippen molar-refractivity contribution in [3.8, 4) is 0 Å². The highest BCUT2D eigenvalue weighted by molar-refractivity contribution is 7.99. The second-order valence-electron chi connectivity index (χ2n) is 6.82. The molecule has 32 heavy (non-hydrogen) atoms. The van der Waals surface area contributed by atoms with Crippen molar-refractivity contribution in [2.24, 2.45) is 0 Å². The SMILES string of the molecule is O=C(OCC(=O)c1c[nH]c2ccccc12)c1ccccc1Nc1ccc(SC(F)F)cc1. The smallest absolute Gasteiger partial charge is 0.340 e. The molecule has 8 heteroatoms. The first kappa shape index (κ1) is 21.6. The van der Waals surface area contributed by atoms with Gasteiger partial charge in [0.2, 0.25) is 5.78 Å². The Balaban J connectivity index is 1.44. The number of rotatable bonds is 8. The number of hydrogen-bond donors (Lipinski definition) is 2. The molecule has 4 aromatic rings. The first-order valence-corrected chi connectivity index (χ1v) is 10.6. The van der Waals surface area contributed by atoms with Gasteiger partial charge in [-0.25, -0.2) is 4.79 Å². The third-order valence-electron chi connectivity index (χ3n) is 4.73. The van der Waals surface area contributed by atoms with Crippen LogP contribution in [0, 0.1) is 0 Å². The molecule has 0 spiro atoms. The first-order chi connectivity index (χ1) is 15.5. The van der Waals surface area contributed by atoms with Crippen LogP contribution in [0.2, 0.25) is 0 Å². The molecule has 0 fully saturated rings. The molecule has 4 rings (SSSR count). The number of benzene rings is 3. The molecule has 0 atom stereocenters. The number of carbonyl (C=O) groups is 2. The fourth-order valence-electron chi connectivity index (χ4n) is 3.23. The number of thioether (sulfide) groups is 1. The number of alkyl halides is 2. The van der Waals surface area contributed by atoms with E-state index in [-0.39, 0.29) is 11.3 Å². The highest BCUT2D eigenvalue weighted by Gasteiger charge is 2.17. The number of aromatic nitrogens is 1. The number of fused-ring (bicyclic) bond motifs is 1. The largest absolute Gasteiger partial charge is 0.454 e. The average Bonchev–Trinajstić information content (AvgIpc) is 3.23. The molecule has 0 bridgehead atoms. The number of ether oxygens (including phenoxy) is 1. The van der Waals surface area contributed by atoms with Crippen LogP contribution in [0.3, 0.4) is 0 Å². The lowest BCUT2D eigenvalue weighted by Crippen LogP contribution is -2.15. The van der Waals surface area contributed by atoms with Crippen molar-refractivity contribution in [2.75, 3.05) is 11.9 Å². The van der Waals surface area contributed by atoms with E-state index in [2.05, 4.69) is 10.3 Å². The van der Waals surface area contributed by atoms with Crippen LogP contribution in [0.25, 0.3) is 10.9 Å². The van der Waals surface area contributed by atoms with Crippen molar-refractivity contribution in [3.05, 3.63) is 90.1 Å². The van der Waals surface area contributed by atoms with Crippen LogP contribution in [-0.2, 0) is 4.74 Å². The summed E-state index contributed by atoms with van der Waals surface area (Å²) in [4.78, 5) is 28.7. The van der Waals surface area contributed by atoms with Gasteiger partial charge in [0, 0.05) is 33.2 Å². The van der Waals surface area contributed by atoms with Gasteiger partial charge in [0.25, 0.3) is 5.76 Å². The lowest BCUT2D eigenvalue weighted by Gasteiger charge is -2.12. The Morgan fingerprint density at radius 2 is 1.66 bits per heavy atom. The molecule has 3 aromatic carbocycles. The summed E-state index contributed by atoms with van der Waals surface area (Å²) in [6.45, 7) is -0.394. The highest BCUT2D eigenvalue weighted by atomic mass is 32.2. The molecular weight excluding hydrogens is 434 g/mol. The molecule has 0 aliphatic rings. The molecule has 0 saturated heterocycles. The Labute approximate surface area is 186 Å². The summed E-state index contributed by atoms with van der Waals surface area (Å²) >= 11 is 0.461. The third kappa shape index (κ3) is 4.97. The number of anilines is 2. The van der Waals surface area contributed by atoms with Crippen LogP contribution in [0.5, 0.6) is 0 Å². The number of H-pyrrole nitrogens is 1. The Hall–Kier alpha value is -3.65. The molecule has 1 heterocycles. The summed E-state index contributed by atoms with van der Waals surface area (Å²) in [7, 11) is 0. The van der Waals surface area contributed by atoms with Crippen LogP contribution in [-0.4, -0.2) is 29.1 Å². The Morgan fingerprint density at radius 3 is 2.44 bits per heavy atom. The molecule has 0 saturated carbocycles. The normalized spacial score (nSPS) is 11.0. The standard InChI is InChI=1S/C24H18F2N2O3S/c25-24(26)32-16-11-9-15(10-12-16)28-21-8-4-2-6-18(21)23(30)31-14-22(29)19-13-27-20-7-3-1-5-17(19)20/h1-13,24,27-28H,14H2. The summed E-state index contributed by atoms with van der Waals surface area (Å²) in [5.41, 5.74) is 2.64. The predicted molar refractivity (Wildman–Crippen MR) is 121 cm³/mol. The molecule has 0 radical (unpaired) electrons. The second-order valence-corrected chi connectivity index (χ2v) is 7.88. The number of nitrogens with one attached hydrogen (secondary N) is 2. The van der Waals surface area contributed by atoms with E-state index < -0.39 is 18.3 Å². The maximum Gasteiger partial charge on any atom is 0.340 e. The second kappa shape index (κ2) is 9.65. The maximum absolute atomic E-state index is 12.7. The minimum absolute atomic E-state index is 0.255. The number of esters is 1. The molecule has 1 aromatic heterocycles. The molecule has 0 unspecified atom stereocenters. The van der Waals surface area contributed by atoms with Gasteiger partial charge in [0.05, 0.1) is 11.3 Å². The number of aromatic amines is 1. The van der Waals surface area contributed by atoms with Gasteiger partial charge in [0.1, 0.15) is 0 Å². The third-order valence-corrected chi connectivity index (χ3v) is 5.45. The zero-order valence-corrected chi connectivity index (χ0v) is 17.5. The Morgan fingerprint density at radius 1 is 0.938 bits per heavy atom. The summed E-state index contributed by atoms with van der Waals surface area (Å²) in [6.07, 6.45) is 1.60. The number of ketones is 1. The lowest BCUT2D eigenvalue weighted by atomic mass is 10.1. The summed E-state index contributed by atoms with van der Waals surface area (Å²) in [5, 5.41) is 3.85. The van der Waals surface area contributed by atoms with E-state index in [1.54, 1.807) is 54.7 Å². The number of hydrogen-bond acceptors (Lipinski definition) is 5. The number of halogens is 2. The van der Waals surface area contributed by atoms with Gasteiger partial charge in [-0.15, -0.1) is 0 Å². The molecule has 162 valence electrons. The zero-order chi connectivity index (χ0) is 22.5. The van der Waals surface area contributed by atoms with Crippen molar-refractivity contribution >= 4 is 45.8 Å². The van der Waals surface area contributed by atoms with E-state index in [0.29, 0.717) is 33.6 Å². The summed E-state index contributed by atoms with van der Waals surface area (Å²) in [6, 6.07) is 20.5. The Bertz CT molecular complexity index is 1260. The van der Waals surface area contributed by atoms with Crippen molar-refractivity contribution in [3.63, 3.8) is 0 Å². The summed E-state index contributed by atoms with van der Waals surface area (Å²) in [5.74, 6) is -3.45. The topological polar surface area (TPSA) is 71.2 Å². The van der Waals surface area contributed by atoms with Crippen molar-refractivity contribution in [1.29, 1.82) is 0 Å². The number of carbonyl (C=O) groups excluding carboxylic acids is 2. The molecule has 0 amide bonds. The molecule has 0 aliphatic carbocycles. The van der Waals surface area contributed by atoms with Crippen molar-refractivity contribution in [2.45, 2.75) is 10.7 Å². The fraction of sp³-hybridized carbons (Fsp3) is 0.0833. The van der Waals surface area contributed by atoms with Crippen molar-refractivity contribution < 1.29 is 23.1 Å². The highest BCUT2D eigenvalue weighted by Crippen LogP contribution is 2.28. The number of para-hydroxylation sites is 2. The average molecular weight is 452 g/mol. The van der Waals surface area contributed by atoms with Crippen LogP contribution in [0.15, 0.2) is 83.9 Å². The Kier molecular flexibility index (Phi) is 6.51. The van der Waals surface area contributed by atoms with E-state index in [1.807, 2.05) is 24.3 Å². The first-order valence-electron chi connectivity index (χ1n) is 9.68. The van der Waals surface area contributed by atoms with Gasteiger partial charge < -0.3 is 15.0 Å². The minimum Gasteiger partial charge on any atom is -0.454 e. The van der Waals surface area contributed by atoms with Crippen LogP contribution >= 0.6 is 11.8 Å². The van der Waals surface area contributed by atoms with Crippen molar-refractivity contribution in [1.82, 2.24) is 4.98 Å². The van der Waals surface area contributed by atoms with E-state index in [1.165, 1.54) is 0 Å². The molecular formula is C24H18F2N2O3S. The van der Waals surface area contributed by atoms with Gasteiger partial charge in [-0.1, -0.05) is 42.1 Å². The van der Waals surface area contributed by atoms with E-state index >= 15 is 0 Å². The van der Waals surface area contributed by atoms with Gasteiger partial charge >= 0.3 is 5.97 Å². The van der Waals surface area contributed by atoms with Crippen LogP contribution < -0.4 is 5.32 Å². The van der Waals surface area contributed by atoms with Gasteiger partial charge in [-0.3, -0.25) is 4.79 Å². The maximum atomic E-state index is 12.7. The van der Waals surface area contributed by atoms with Crippen LogP contribution in [0.4, 0.5) is 20.2 Å².